The first-order chi connectivity index (χ1) is 12.2. The molecule has 2 heterocycles. The van der Waals surface area contributed by atoms with Crippen LogP contribution in [0, 0.1) is 12.7 Å². The van der Waals surface area contributed by atoms with E-state index in [0.717, 1.165) is 37.5 Å². The molecule has 0 saturated carbocycles. The average Bonchev–Trinajstić information content (AvgIpc) is 3.16. The Labute approximate surface area is 152 Å². The van der Waals surface area contributed by atoms with Gasteiger partial charge in [0, 0.05) is 32.7 Å². The van der Waals surface area contributed by atoms with Crippen molar-refractivity contribution in [3.05, 3.63) is 52.7 Å². The van der Waals surface area contributed by atoms with Gasteiger partial charge in [-0.25, -0.2) is 4.39 Å². The molecule has 1 fully saturated rings. The van der Waals surface area contributed by atoms with Gasteiger partial charge in [-0.1, -0.05) is 12.1 Å². The smallest absolute Gasteiger partial charge is 0.191 e. The predicted molar refractivity (Wildman–Crippen MR) is 104 cm³/mol. The van der Waals surface area contributed by atoms with E-state index < -0.39 is 0 Å². The number of aliphatic imine (C=N–C) groups is 1. The van der Waals surface area contributed by atoms with E-state index in [0.29, 0.717) is 18.2 Å². The molecule has 1 aliphatic rings. The molecule has 0 spiro atoms. The number of aryl methyl sites for hydroxylation is 1. The molecule has 1 aromatic carbocycles. The van der Waals surface area contributed by atoms with Crippen molar-refractivity contribution in [3.63, 3.8) is 0 Å². The molecule has 1 aromatic heterocycles. The molecule has 2 N–H and O–H groups in total. The number of anilines is 1. The topological polar surface area (TPSA) is 39.7 Å². The van der Waals surface area contributed by atoms with Crippen molar-refractivity contribution in [1.82, 2.24) is 10.6 Å². The molecular weight excluding hydrogens is 335 g/mol. The van der Waals surface area contributed by atoms with Gasteiger partial charge in [0.2, 0.25) is 0 Å². The highest BCUT2D eigenvalue weighted by Gasteiger charge is 2.20. The van der Waals surface area contributed by atoms with Crippen LogP contribution in [-0.2, 0) is 6.54 Å². The zero-order chi connectivity index (χ0) is 17.6. The number of benzene rings is 1. The van der Waals surface area contributed by atoms with Crippen molar-refractivity contribution in [1.29, 1.82) is 0 Å². The molecule has 134 valence electrons. The van der Waals surface area contributed by atoms with Gasteiger partial charge in [0.05, 0.1) is 5.00 Å². The zero-order valence-corrected chi connectivity index (χ0v) is 15.6. The Hall–Kier alpha value is -2.08. The van der Waals surface area contributed by atoms with Crippen LogP contribution >= 0.6 is 11.3 Å². The van der Waals surface area contributed by atoms with Crippen molar-refractivity contribution >= 4 is 22.3 Å². The van der Waals surface area contributed by atoms with E-state index in [4.69, 9.17) is 0 Å². The van der Waals surface area contributed by atoms with E-state index in [1.165, 1.54) is 11.1 Å². The molecule has 1 aliphatic heterocycles. The molecule has 2 aromatic rings. The standard InChI is InChI=1S/C19H25FN4S/c1-14-12-15(5-6-17(14)20)13-22-19(21-2)23-16-7-9-24(10-8-16)18-4-3-11-25-18/h3-6,11-12,16H,7-10,13H2,1-2H3,(H2,21,22,23). The lowest BCUT2D eigenvalue weighted by atomic mass is 10.1. The molecule has 25 heavy (non-hydrogen) atoms. The van der Waals surface area contributed by atoms with Crippen molar-refractivity contribution < 1.29 is 4.39 Å². The van der Waals surface area contributed by atoms with Gasteiger partial charge in [0.15, 0.2) is 5.96 Å². The number of hydrogen-bond donors (Lipinski definition) is 2. The van der Waals surface area contributed by atoms with E-state index in [9.17, 15) is 4.39 Å². The third kappa shape index (κ3) is 4.72. The fourth-order valence-electron chi connectivity index (χ4n) is 3.08. The Kier molecular flexibility index (Phi) is 5.91. The minimum absolute atomic E-state index is 0.163. The predicted octanol–water partition coefficient (Wildman–Crippen LogP) is 3.53. The fourth-order valence-corrected chi connectivity index (χ4v) is 3.87. The van der Waals surface area contributed by atoms with Crippen LogP contribution in [0.1, 0.15) is 24.0 Å². The Morgan fingerprint density at radius 3 is 2.76 bits per heavy atom. The molecule has 6 heteroatoms. The second-order valence-corrected chi connectivity index (χ2v) is 7.29. The summed E-state index contributed by atoms with van der Waals surface area (Å²) >= 11 is 1.80. The highest BCUT2D eigenvalue weighted by Crippen LogP contribution is 2.24. The van der Waals surface area contributed by atoms with Gasteiger partial charge < -0.3 is 15.5 Å². The summed E-state index contributed by atoms with van der Waals surface area (Å²) in [6.45, 7) is 4.54. The van der Waals surface area contributed by atoms with Gasteiger partial charge in [0.1, 0.15) is 5.82 Å². The molecule has 0 bridgehead atoms. The molecule has 0 aliphatic carbocycles. The van der Waals surface area contributed by atoms with E-state index in [1.807, 2.05) is 12.1 Å². The number of rotatable bonds is 4. The average molecular weight is 361 g/mol. The number of nitrogens with one attached hydrogen (secondary N) is 2. The van der Waals surface area contributed by atoms with Crippen LogP contribution in [0.25, 0.3) is 0 Å². The summed E-state index contributed by atoms with van der Waals surface area (Å²) in [5.74, 6) is 0.639. The summed E-state index contributed by atoms with van der Waals surface area (Å²) in [5.41, 5.74) is 1.72. The summed E-state index contributed by atoms with van der Waals surface area (Å²) in [6.07, 6.45) is 2.18. The second kappa shape index (κ2) is 8.34. The summed E-state index contributed by atoms with van der Waals surface area (Å²) in [4.78, 5) is 6.76. The van der Waals surface area contributed by atoms with Crippen LogP contribution in [-0.4, -0.2) is 32.1 Å². The van der Waals surface area contributed by atoms with Crippen LogP contribution in [0.5, 0.6) is 0 Å². The Morgan fingerprint density at radius 1 is 1.32 bits per heavy atom. The summed E-state index contributed by atoms with van der Waals surface area (Å²) in [5, 5.41) is 10.3. The van der Waals surface area contributed by atoms with Gasteiger partial charge in [-0.15, -0.1) is 11.3 Å². The van der Waals surface area contributed by atoms with Crippen LogP contribution < -0.4 is 15.5 Å². The van der Waals surface area contributed by atoms with Crippen LogP contribution in [0.3, 0.4) is 0 Å². The Morgan fingerprint density at radius 2 is 2.12 bits per heavy atom. The van der Waals surface area contributed by atoms with Gasteiger partial charge in [0.25, 0.3) is 0 Å². The van der Waals surface area contributed by atoms with Crippen LogP contribution in [0.15, 0.2) is 40.7 Å². The lowest BCUT2D eigenvalue weighted by Crippen LogP contribution is -2.48. The van der Waals surface area contributed by atoms with E-state index in [-0.39, 0.29) is 5.82 Å². The maximum atomic E-state index is 13.3. The number of piperidine rings is 1. The third-order valence-corrected chi connectivity index (χ3v) is 5.49. The fraction of sp³-hybridized carbons (Fsp3) is 0.421. The molecule has 0 atom stereocenters. The minimum atomic E-state index is -0.163. The molecule has 0 radical (unpaired) electrons. The molecule has 0 amide bonds. The Bertz CT molecular complexity index is 706. The highest BCUT2D eigenvalue weighted by atomic mass is 32.1. The SMILES string of the molecule is CN=C(NCc1ccc(F)c(C)c1)NC1CCN(c2cccs2)CC1. The summed E-state index contributed by atoms with van der Waals surface area (Å²) in [7, 11) is 1.78. The molecule has 3 rings (SSSR count). The minimum Gasteiger partial charge on any atom is -0.363 e. The first-order valence-electron chi connectivity index (χ1n) is 8.66. The number of guanidine groups is 1. The third-order valence-electron chi connectivity index (χ3n) is 4.56. The normalized spacial score (nSPS) is 16.1. The summed E-state index contributed by atoms with van der Waals surface area (Å²) in [6, 6.07) is 9.91. The number of hydrogen-bond acceptors (Lipinski definition) is 3. The van der Waals surface area contributed by atoms with Crippen LogP contribution in [0.2, 0.25) is 0 Å². The lowest BCUT2D eigenvalue weighted by Gasteiger charge is -2.33. The van der Waals surface area contributed by atoms with Crippen molar-refractivity contribution in [3.8, 4) is 0 Å². The number of thiophene rings is 1. The van der Waals surface area contributed by atoms with Gasteiger partial charge >= 0.3 is 0 Å². The molecule has 0 unspecified atom stereocenters. The lowest BCUT2D eigenvalue weighted by molar-refractivity contribution is 0.463. The van der Waals surface area contributed by atoms with Gasteiger partial charge in [-0.05, 0) is 54.5 Å². The molecular formula is C19H25FN4S. The first-order valence-corrected chi connectivity index (χ1v) is 9.54. The quantitative estimate of drug-likeness (QED) is 0.647. The van der Waals surface area contributed by atoms with Gasteiger partial charge in [-0.2, -0.15) is 0 Å². The van der Waals surface area contributed by atoms with E-state index >= 15 is 0 Å². The maximum Gasteiger partial charge on any atom is 0.191 e. The molecule has 1 saturated heterocycles. The molecule has 4 nitrogen and oxygen atoms in total. The van der Waals surface area contributed by atoms with Crippen molar-refractivity contribution in [2.24, 2.45) is 4.99 Å². The van der Waals surface area contributed by atoms with Crippen molar-refractivity contribution in [2.75, 3.05) is 25.0 Å². The second-order valence-electron chi connectivity index (χ2n) is 6.37. The van der Waals surface area contributed by atoms with E-state index in [2.05, 4.69) is 38.0 Å². The largest absolute Gasteiger partial charge is 0.363 e. The number of nitrogens with zero attached hydrogens (tertiary/aromatic N) is 2. The van der Waals surface area contributed by atoms with E-state index in [1.54, 1.807) is 25.3 Å². The Balaban J connectivity index is 1.47. The van der Waals surface area contributed by atoms with Crippen LogP contribution in [0.4, 0.5) is 9.39 Å². The zero-order valence-electron chi connectivity index (χ0n) is 14.8. The maximum absolute atomic E-state index is 13.3. The number of halogens is 1. The van der Waals surface area contributed by atoms with Gasteiger partial charge in [-0.3, -0.25) is 4.99 Å². The highest BCUT2D eigenvalue weighted by molar-refractivity contribution is 7.14. The monoisotopic (exact) mass is 360 g/mol. The summed E-state index contributed by atoms with van der Waals surface area (Å²) < 4.78 is 13.3. The van der Waals surface area contributed by atoms with Crippen molar-refractivity contribution in [2.45, 2.75) is 32.4 Å². The first kappa shape index (κ1) is 17.7.